The van der Waals surface area contributed by atoms with Crippen molar-refractivity contribution in [3.63, 3.8) is 0 Å². The Morgan fingerprint density at radius 1 is 0.958 bits per heavy atom. The number of aromatic carboxylic acids is 1. The molecule has 6 heteroatoms. The topological polar surface area (TPSA) is 93.1 Å². The quantitative estimate of drug-likeness (QED) is 0.625. The Morgan fingerprint density at radius 3 is 2.12 bits per heavy atom. The molecule has 24 heavy (non-hydrogen) atoms. The normalized spacial score (nSPS) is 11.0. The lowest BCUT2D eigenvalue weighted by atomic mass is 10.0. The van der Waals surface area contributed by atoms with Crippen molar-refractivity contribution in [2.75, 3.05) is 14.2 Å². The van der Waals surface area contributed by atoms with Crippen LogP contribution in [0.4, 0.5) is 0 Å². The fraction of sp³-hybridized carbons (Fsp3) is 0.111. The molecule has 0 saturated heterocycles. The lowest BCUT2D eigenvalue weighted by Gasteiger charge is -2.11. The van der Waals surface area contributed by atoms with Crippen LogP contribution >= 0.6 is 0 Å². The molecule has 0 unspecified atom stereocenters. The second kappa shape index (κ2) is 7.32. The van der Waals surface area contributed by atoms with E-state index in [2.05, 4.69) is 0 Å². The van der Waals surface area contributed by atoms with Crippen LogP contribution in [-0.4, -0.2) is 36.4 Å². The fourth-order valence-corrected chi connectivity index (χ4v) is 2.16. The molecular formula is C18H16O6. The van der Waals surface area contributed by atoms with Gasteiger partial charge in [0.25, 0.3) is 0 Å². The van der Waals surface area contributed by atoms with Gasteiger partial charge in [0, 0.05) is 11.6 Å². The molecule has 0 saturated carbocycles. The first-order valence-electron chi connectivity index (χ1n) is 6.97. The second-order valence-electron chi connectivity index (χ2n) is 4.86. The van der Waals surface area contributed by atoms with Crippen LogP contribution in [0.5, 0.6) is 11.5 Å². The number of carboxylic acid groups (broad SMARTS) is 2. The van der Waals surface area contributed by atoms with Crippen molar-refractivity contribution in [1.82, 2.24) is 0 Å². The van der Waals surface area contributed by atoms with Crippen LogP contribution in [0.1, 0.15) is 21.5 Å². The first-order chi connectivity index (χ1) is 11.5. The summed E-state index contributed by atoms with van der Waals surface area (Å²) >= 11 is 0. The van der Waals surface area contributed by atoms with Gasteiger partial charge in [-0.25, -0.2) is 9.59 Å². The number of methoxy groups -OCH3 is 2. The van der Waals surface area contributed by atoms with E-state index in [0.29, 0.717) is 22.6 Å². The van der Waals surface area contributed by atoms with Gasteiger partial charge in [0.15, 0.2) is 0 Å². The number of carboxylic acids is 2. The van der Waals surface area contributed by atoms with Crippen LogP contribution in [0.25, 0.3) is 11.6 Å². The maximum atomic E-state index is 11.7. The highest BCUT2D eigenvalue weighted by Crippen LogP contribution is 2.31. The molecule has 0 aliphatic heterocycles. The Bertz CT molecular complexity index is 790. The number of carbonyl (C=O) groups is 2. The summed E-state index contributed by atoms with van der Waals surface area (Å²) in [5.74, 6) is -1.25. The van der Waals surface area contributed by atoms with Gasteiger partial charge >= 0.3 is 11.9 Å². The lowest BCUT2D eigenvalue weighted by Crippen LogP contribution is -2.02. The van der Waals surface area contributed by atoms with E-state index < -0.39 is 11.9 Å². The number of hydrogen-bond acceptors (Lipinski definition) is 4. The predicted molar refractivity (Wildman–Crippen MR) is 88.5 cm³/mol. The minimum Gasteiger partial charge on any atom is -0.497 e. The molecule has 0 aliphatic rings. The summed E-state index contributed by atoms with van der Waals surface area (Å²) in [6.45, 7) is 0. The SMILES string of the molecule is COc1ccc(/C(=C/c2ccc(C(=O)O)cc2)C(=O)O)c(OC)c1. The molecule has 0 atom stereocenters. The molecule has 0 aliphatic carbocycles. The van der Waals surface area contributed by atoms with Crippen molar-refractivity contribution in [2.24, 2.45) is 0 Å². The third kappa shape index (κ3) is 3.73. The van der Waals surface area contributed by atoms with Gasteiger partial charge in [0.2, 0.25) is 0 Å². The highest BCUT2D eigenvalue weighted by atomic mass is 16.5. The number of ether oxygens (including phenoxy) is 2. The van der Waals surface area contributed by atoms with Crippen LogP contribution in [0, 0.1) is 0 Å². The summed E-state index contributed by atoms with van der Waals surface area (Å²) in [5, 5.41) is 18.4. The number of benzene rings is 2. The average Bonchev–Trinajstić information content (AvgIpc) is 2.59. The molecule has 0 heterocycles. The van der Waals surface area contributed by atoms with Crippen LogP contribution in [0.15, 0.2) is 42.5 Å². The minimum absolute atomic E-state index is 0.0255. The standard InChI is InChI=1S/C18H16O6/c1-23-13-7-8-14(16(10-13)24-2)15(18(21)22)9-11-3-5-12(6-4-11)17(19)20/h3-10H,1-2H3,(H,19,20)(H,21,22)/b15-9-. The molecule has 0 aromatic heterocycles. The molecule has 6 nitrogen and oxygen atoms in total. The van der Waals surface area contributed by atoms with Gasteiger partial charge in [-0.2, -0.15) is 0 Å². The summed E-state index contributed by atoms with van der Waals surface area (Å²) in [5.41, 5.74) is 1.12. The van der Waals surface area contributed by atoms with E-state index in [9.17, 15) is 14.7 Å². The van der Waals surface area contributed by atoms with Gasteiger partial charge in [0.05, 0.1) is 25.4 Å². The molecule has 2 aromatic rings. The number of rotatable bonds is 6. The summed E-state index contributed by atoms with van der Waals surface area (Å²) in [4.78, 5) is 22.5. The highest BCUT2D eigenvalue weighted by molar-refractivity contribution is 6.21. The Kier molecular flexibility index (Phi) is 5.21. The molecule has 2 N–H and O–H groups in total. The maximum absolute atomic E-state index is 11.7. The first kappa shape index (κ1) is 17.1. The lowest BCUT2D eigenvalue weighted by molar-refractivity contribution is -0.130. The predicted octanol–water partition coefficient (Wildman–Crippen LogP) is 3.03. The van der Waals surface area contributed by atoms with Crippen LogP contribution in [0.3, 0.4) is 0 Å². The van der Waals surface area contributed by atoms with E-state index in [0.717, 1.165) is 0 Å². The monoisotopic (exact) mass is 328 g/mol. The summed E-state index contributed by atoms with van der Waals surface area (Å²) in [6.07, 6.45) is 1.46. The van der Waals surface area contributed by atoms with E-state index in [1.54, 1.807) is 30.3 Å². The van der Waals surface area contributed by atoms with Gasteiger partial charge in [-0.05, 0) is 35.9 Å². The Balaban J connectivity index is 2.49. The van der Waals surface area contributed by atoms with Gasteiger partial charge in [0.1, 0.15) is 11.5 Å². The van der Waals surface area contributed by atoms with Crippen molar-refractivity contribution in [1.29, 1.82) is 0 Å². The van der Waals surface area contributed by atoms with Crippen molar-refractivity contribution in [2.45, 2.75) is 0 Å². The van der Waals surface area contributed by atoms with Gasteiger partial charge in [-0.3, -0.25) is 0 Å². The van der Waals surface area contributed by atoms with E-state index in [1.807, 2.05) is 0 Å². The molecular weight excluding hydrogens is 312 g/mol. The van der Waals surface area contributed by atoms with Gasteiger partial charge < -0.3 is 19.7 Å². The van der Waals surface area contributed by atoms with E-state index in [1.165, 1.54) is 32.4 Å². The molecule has 0 fully saturated rings. The number of hydrogen-bond donors (Lipinski definition) is 2. The van der Waals surface area contributed by atoms with Crippen molar-refractivity contribution in [3.05, 3.63) is 59.2 Å². The summed E-state index contributed by atoms with van der Waals surface area (Å²) in [6, 6.07) is 10.8. The van der Waals surface area contributed by atoms with Crippen molar-refractivity contribution in [3.8, 4) is 11.5 Å². The van der Waals surface area contributed by atoms with E-state index >= 15 is 0 Å². The van der Waals surface area contributed by atoms with Crippen LogP contribution < -0.4 is 9.47 Å². The zero-order valence-corrected chi connectivity index (χ0v) is 13.1. The maximum Gasteiger partial charge on any atom is 0.336 e. The zero-order chi connectivity index (χ0) is 17.7. The zero-order valence-electron chi connectivity index (χ0n) is 13.1. The molecule has 0 amide bonds. The smallest absolute Gasteiger partial charge is 0.336 e. The molecule has 124 valence electrons. The Hall–Kier alpha value is -3.28. The van der Waals surface area contributed by atoms with Crippen LogP contribution in [-0.2, 0) is 4.79 Å². The largest absolute Gasteiger partial charge is 0.497 e. The van der Waals surface area contributed by atoms with E-state index in [-0.39, 0.29) is 11.1 Å². The third-order valence-electron chi connectivity index (χ3n) is 3.40. The number of aliphatic carboxylic acids is 1. The highest BCUT2D eigenvalue weighted by Gasteiger charge is 2.16. The summed E-state index contributed by atoms with van der Waals surface area (Å²) in [7, 11) is 2.95. The van der Waals surface area contributed by atoms with Crippen molar-refractivity contribution < 1.29 is 29.3 Å². The Labute approximate surface area is 138 Å². The fourth-order valence-electron chi connectivity index (χ4n) is 2.16. The first-order valence-corrected chi connectivity index (χ1v) is 6.97. The van der Waals surface area contributed by atoms with Gasteiger partial charge in [-0.15, -0.1) is 0 Å². The molecule has 2 aromatic carbocycles. The minimum atomic E-state index is -1.12. The Morgan fingerprint density at radius 2 is 1.62 bits per heavy atom. The second-order valence-corrected chi connectivity index (χ2v) is 4.86. The molecule has 0 spiro atoms. The van der Waals surface area contributed by atoms with Crippen molar-refractivity contribution >= 4 is 23.6 Å². The summed E-state index contributed by atoms with van der Waals surface area (Å²) < 4.78 is 10.3. The molecule has 0 bridgehead atoms. The molecule has 0 radical (unpaired) electrons. The van der Waals surface area contributed by atoms with Crippen LogP contribution in [0.2, 0.25) is 0 Å². The van der Waals surface area contributed by atoms with E-state index in [4.69, 9.17) is 14.6 Å². The third-order valence-corrected chi connectivity index (χ3v) is 3.40. The average molecular weight is 328 g/mol. The van der Waals surface area contributed by atoms with Gasteiger partial charge in [-0.1, -0.05) is 12.1 Å². The molecule has 2 rings (SSSR count).